The number of nitrogens with zero attached hydrogens (tertiary/aromatic N) is 1. The number of likely N-dealkylation sites (tertiary alicyclic amines) is 1. The van der Waals surface area contributed by atoms with Crippen molar-refractivity contribution in [3.8, 4) is 0 Å². The smallest absolute Gasteiger partial charge is 0.0203 e. The Morgan fingerprint density at radius 2 is 2.00 bits per heavy atom. The molecule has 3 rings (SSSR count). The number of hydrogen-bond donors (Lipinski definition) is 1. The van der Waals surface area contributed by atoms with Crippen LogP contribution in [0.3, 0.4) is 0 Å². The van der Waals surface area contributed by atoms with Gasteiger partial charge >= 0.3 is 0 Å². The molecule has 1 aliphatic heterocycles. The van der Waals surface area contributed by atoms with Gasteiger partial charge in [0.05, 0.1) is 0 Å². The fraction of sp³-hybridized carbons (Fsp3) is 1.00. The third-order valence-corrected chi connectivity index (χ3v) is 6.21. The van der Waals surface area contributed by atoms with Gasteiger partial charge in [-0.2, -0.15) is 0 Å². The fourth-order valence-corrected chi connectivity index (χ4v) is 5.48. The van der Waals surface area contributed by atoms with E-state index in [1.54, 1.807) is 0 Å². The minimum Gasteiger partial charge on any atom is -0.330 e. The van der Waals surface area contributed by atoms with Crippen molar-refractivity contribution >= 4 is 0 Å². The number of fused-ring (bicyclic) bond motifs is 2. The van der Waals surface area contributed by atoms with Crippen LogP contribution in [0.25, 0.3) is 0 Å². The molecule has 0 aromatic rings. The maximum atomic E-state index is 5.84. The van der Waals surface area contributed by atoms with Crippen molar-refractivity contribution in [1.29, 1.82) is 0 Å². The summed E-state index contributed by atoms with van der Waals surface area (Å²) in [5.74, 6) is 1.72. The van der Waals surface area contributed by atoms with E-state index < -0.39 is 0 Å². The van der Waals surface area contributed by atoms with Crippen LogP contribution in [0.5, 0.6) is 0 Å². The molecule has 2 N–H and O–H groups in total. The Morgan fingerprint density at radius 3 is 2.53 bits per heavy atom. The molecule has 1 heterocycles. The fourth-order valence-electron chi connectivity index (χ4n) is 5.48. The standard InChI is InChI=1S/C15H28N2/c1-14(2)12-4-6-15(3,8-12)13(14)17-7-5-11(9-16)10-17/h11-13H,4-10,16H2,1-3H3. The molecule has 4 unspecified atom stereocenters. The zero-order chi connectivity index (χ0) is 12.3. The number of nitrogens with two attached hydrogens (primary N) is 1. The lowest BCUT2D eigenvalue weighted by atomic mass is 9.68. The third-order valence-electron chi connectivity index (χ3n) is 6.21. The van der Waals surface area contributed by atoms with Gasteiger partial charge in [0.2, 0.25) is 0 Å². The molecule has 0 amide bonds. The summed E-state index contributed by atoms with van der Waals surface area (Å²) >= 11 is 0. The minimum atomic E-state index is 0.524. The van der Waals surface area contributed by atoms with Gasteiger partial charge in [0.1, 0.15) is 0 Å². The summed E-state index contributed by atoms with van der Waals surface area (Å²) in [6, 6.07) is 0.810. The van der Waals surface area contributed by atoms with Crippen LogP contribution in [0.2, 0.25) is 0 Å². The van der Waals surface area contributed by atoms with Crippen molar-refractivity contribution < 1.29 is 0 Å². The Balaban J connectivity index is 1.83. The highest BCUT2D eigenvalue weighted by Crippen LogP contribution is 2.64. The maximum Gasteiger partial charge on any atom is 0.0203 e. The number of rotatable bonds is 2. The third kappa shape index (κ3) is 1.60. The minimum absolute atomic E-state index is 0.524. The van der Waals surface area contributed by atoms with E-state index >= 15 is 0 Å². The molecule has 4 atom stereocenters. The Morgan fingerprint density at radius 1 is 1.24 bits per heavy atom. The van der Waals surface area contributed by atoms with Crippen LogP contribution in [0.4, 0.5) is 0 Å². The van der Waals surface area contributed by atoms with Gasteiger partial charge in [0.25, 0.3) is 0 Å². The van der Waals surface area contributed by atoms with Gasteiger partial charge in [-0.1, -0.05) is 20.8 Å². The maximum absolute atomic E-state index is 5.84. The molecule has 17 heavy (non-hydrogen) atoms. The lowest BCUT2D eigenvalue weighted by Crippen LogP contribution is -2.51. The Kier molecular flexibility index (Phi) is 2.61. The predicted octanol–water partition coefficient (Wildman–Crippen LogP) is 2.48. The zero-order valence-electron chi connectivity index (χ0n) is 11.7. The highest BCUT2D eigenvalue weighted by Gasteiger charge is 2.61. The summed E-state index contributed by atoms with van der Waals surface area (Å²) < 4.78 is 0. The van der Waals surface area contributed by atoms with E-state index in [0.29, 0.717) is 10.8 Å². The molecule has 0 aromatic heterocycles. The van der Waals surface area contributed by atoms with Crippen molar-refractivity contribution in [1.82, 2.24) is 4.90 Å². The van der Waals surface area contributed by atoms with Gasteiger partial charge in [-0.25, -0.2) is 0 Å². The van der Waals surface area contributed by atoms with Crippen molar-refractivity contribution in [2.75, 3.05) is 19.6 Å². The Bertz CT molecular complexity index is 307. The molecule has 0 aromatic carbocycles. The molecule has 2 bridgehead atoms. The summed E-state index contributed by atoms with van der Waals surface area (Å²) in [5, 5.41) is 0. The molecular weight excluding hydrogens is 208 g/mol. The average Bonchev–Trinajstić information content (AvgIpc) is 2.88. The molecule has 0 radical (unpaired) electrons. The molecule has 2 saturated carbocycles. The van der Waals surface area contributed by atoms with Gasteiger partial charge in [-0.3, -0.25) is 4.90 Å². The Hall–Kier alpha value is -0.0800. The first-order valence-electron chi connectivity index (χ1n) is 7.41. The first-order valence-corrected chi connectivity index (χ1v) is 7.41. The second kappa shape index (κ2) is 3.71. The summed E-state index contributed by atoms with van der Waals surface area (Å²) in [4.78, 5) is 2.79. The van der Waals surface area contributed by atoms with Crippen molar-refractivity contribution in [3.63, 3.8) is 0 Å². The van der Waals surface area contributed by atoms with Crippen molar-refractivity contribution in [3.05, 3.63) is 0 Å². The normalized spacial score (nSPS) is 49.1. The summed E-state index contributed by atoms with van der Waals surface area (Å²) in [5.41, 5.74) is 6.96. The van der Waals surface area contributed by atoms with Crippen LogP contribution in [0.15, 0.2) is 0 Å². The molecule has 0 spiro atoms. The van der Waals surface area contributed by atoms with E-state index in [9.17, 15) is 0 Å². The predicted molar refractivity (Wildman–Crippen MR) is 71.8 cm³/mol. The summed E-state index contributed by atoms with van der Waals surface area (Å²) in [6.07, 6.45) is 5.71. The van der Waals surface area contributed by atoms with Crippen LogP contribution in [0, 0.1) is 22.7 Å². The lowest BCUT2D eigenvalue weighted by Gasteiger charge is -2.48. The van der Waals surface area contributed by atoms with Crippen LogP contribution in [-0.4, -0.2) is 30.6 Å². The molecule has 3 fully saturated rings. The number of hydrogen-bond acceptors (Lipinski definition) is 2. The van der Waals surface area contributed by atoms with E-state index in [2.05, 4.69) is 25.7 Å². The van der Waals surface area contributed by atoms with Crippen LogP contribution in [0.1, 0.15) is 46.5 Å². The zero-order valence-corrected chi connectivity index (χ0v) is 11.7. The molecule has 3 aliphatic rings. The van der Waals surface area contributed by atoms with E-state index in [1.165, 1.54) is 38.8 Å². The van der Waals surface area contributed by atoms with E-state index in [1.807, 2.05) is 0 Å². The molecule has 2 heteroatoms. The molecule has 2 aliphatic carbocycles. The van der Waals surface area contributed by atoms with E-state index in [-0.39, 0.29) is 0 Å². The second-order valence-corrected chi connectivity index (χ2v) is 7.70. The average molecular weight is 236 g/mol. The van der Waals surface area contributed by atoms with Crippen molar-refractivity contribution in [2.45, 2.75) is 52.5 Å². The summed E-state index contributed by atoms with van der Waals surface area (Å²) in [7, 11) is 0. The molecule has 1 saturated heterocycles. The van der Waals surface area contributed by atoms with Gasteiger partial charge < -0.3 is 5.73 Å². The van der Waals surface area contributed by atoms with Gasteiger partial charge in [0.15, 0.2) is 0 Å². The van der Waals surface area contributed by atoms with Crippen LogP contribution in [-0.2, 0) is 0 Å². The molecular formula is C15H28N2. The van der Waals surface area contributed by atoms with Gasteiger partial charge in [0, 0.05) is 12.6 Å². The van der Waals surface area contributed by atoms with Gasteiger partial charge in [-0.15, -0.1) is 0 Å². The highest BCUT2D eigenvalue weighted by molar-refractivity contribution is 5.13. The van der Waals surface area contributed by atoms with Gasteiger partial charge in [-0.05, 0) is 61.4 Å². The van der Waals surface area contributed by atoms with E-state index in [0.717, 1.165) is 24.4 Å². The summed E-state index contributed by atoms with van der Waals surface area (Å²) in [6.45, 7) is 11.0. The SMILES string of the molecule is CC12CCC(C1)C(C)(C)C2N1CCC(CN)C1. The highest BCUT2D eigenvalue weighted by atomic mass is 15.2. The first kappa shape index (κ1) is 12.0. The molecule has 2 nitrogen and oxygen atoms in total. The Labute approximate surface area is 106 Å². The largest absolute Gasteiger partial charge is 0.330 e. The quantitative estimate of drug-likeness (QED) is 0.798. The van der Waals surface area contributed by atoms with Crippen LogP contribution < -0.4 is 5.73 Å². The monoisotopic (exact) mass is 236 g/mol. The van der Waals surface area contributed by atoms with Crippen molar-refractivity contribution in [2.24, 2.45) is 28.4 Å². The lowest BCUT2D eigenvalue weighted by molar-refractivity contribution is 0.0160. The first-order chi connectivity index (χ1) is 7.97. The van der Waals surface area contributed by atoms with Crippen LogP contribution >= 0.6 is 0 Å². The second-order valence-electron chi connectivity index (χ2n) is 7.70. The van der Waals surface area contributed by atoms with E-state index in [4.69, 9.17) is 5.73 Å². The molecule has 98 valence electrons. The topological polar surface area (TPSA) is 29.3 Å².